The highest BCUT2D eigenvalue weighted by Crippen LogP contribution is 2.35. The Balaban J connectivity index is 1.81. The van der Waals surface area contributed by atoms with E-state index in [-0.39, 0.29) is 30.2 Å². The molecule has 6 heteroatoms. The van der Waals surface area contributed by atoms with E-state index in [2.05, 4.69) is 13.8 Å². The Kier molecular flexibility index (Phi) is 5.36. The number of piperidine rings is 1. The van der Waals surface area contributed by atoms with Crippen LogP contribution in [0, 0.1) is 5.92 Å². The van der Waals surface area contributed by atoms with E-state index in [0.29, 0.717) is 26.0 Å². The van der Waals surface area contributed by atoms with E-state index in [1.165, 1.54) is 0 Å². The molecule has 3 rings (SSSR count). The number of cyclic esters (lactones) is 1. The Morgan fingerprint density at radius 3 is 2.63 bits per heavy atom. The second-order valence-corrected chi connectivity index (χ2v) is 8.72. The van der Waals surface area contributed by atoms with Gasteiger partial charge in [0.05, 0.1) is 5.69 Å². The fourth-order valence-corrected chi connectivity index (χ4v) is 3.91. The first-order chi connectivity index (χ1) is 12.7. The molecule has 2 amide bonds. The average Bonchev–Trinajstić information content (AvgIpc) is 2.59. The first kappa shape index (κ1) is 19.5. The summed E-state index contributed by atoms with van der Waals surface area (Å²) in [6.07, 6.45) is 0.833. The van der Waals surface area contributed by atoms with E-state index in [0.717, 1.165) is 11.3 Å². The summed E-state index contributed by atoms with van der Waals surface area (Å²) in [6, 6.07) is 7.88. The minimum absolute atomic E-state index is 0.00466. The van der Waals surface area contributed by atoms with Crippen LogP contribution in [-0.2, 0) is 16.1 Å². The molecule has 1 fully saturated rings. The molecule has 148 valence electrons. The lowest BCUT2D eigenvalue weighted by molar-refractivity contribution is 0.00146. The Bertz CT molecular complexity index is 710. The van der Waals surface area contributed by atoms with E-state index < -0.39 is 5.60 Å². The average molecular weight is 374 g/mol. The van der Waals surface area contributed by atoms with E-state index in [1.54, 1.807) is 4.90 Å². The molecule has 1 aromatic rings. The molecule has 2 aliphatic heterocycles. The summed E-state index contributed by atoms with van der Waals surface area (Å²) in [5.74, 6) is 0.261. The van der Waals surface area contributed by atoms with Crippen molar-refractivity contribution in [1.82, 2.24) is 4.90 Å². The van der Waals surface area contributed by atoms with Crippen molar-refractivity contribution in [3.8, 4) is 0 Å². The van der Waals surface area contributed by atoms with Gasteiger partial charge in [0.15, 0.2) is 0 Å². The van der Waals surface area contributed by atoms with Gasteiger partial charge >= 0.3 is 12.2 Å². The number of carbonyl (C=O) groups excluding carboxylic acids is 2. The summed E-state index contributed by atoms with van der Waals surface area (Å²) in [5.41, 5.74) is 1.42. The van der Waals surface area contributed by atoms with Crippen molar-refractivity contribution in [3.05, 3.63) is 29.8 Å². The number of benzene rings is 1. The SMILES string of the molecule is CC(C)C1CC(N2C(=O)OCc3ccccc32)CCN1C(=O)OC(C)(C)C. The van der Waals surface area contributed by atoms with Crippen molar-refractivity contribution in [2.45, 2.75) is 71.8 Å². The third kappa shape index (κ3) is 4.20. The van der Waals surface area contributed by atoms with Gasteiger partial charge in [0, 0.05) is 24.2 Å². The monoisotopic (exact) mass is 374 g/mol. The van der Waals surface area contributed by atoms with Crippen LogP contribution in [0.1, 0.15) is 53.0 Å². The van der Waals surface area contributed by atoms with Gasteiger partial charge < -0.3 is 14.4 Å². The first-order valence-electron chi connectivity index (χ1n) is 9.71. The van der Waals surface area contributed by atoms with E-state index in [9.17, 15) is 9.59 Å². The van der Waals surface area contributed by atoms with Gasteiger partial charge in [-0.05, 0) is 45.6 Å². The molecule has 2 aliphatic rings. The topological polar surface area (TPSA) is 59.1 Å². The van der Waals surface area contributed by atoms with Crippen molar-refractivity contribution in [2.75, 3.05) is 11.4 Å². The van der Waals surface area contributed by atoms with Gasteiger partial charge in [0.1, 0.15) is 12.2 Å². The lowest BCUT2D eigenvalue weighted by Gasteiger charge is -2.45. The first-order valence-corrected chi connectivity index (χ1v) is 9.71. The summed E-state index contributed by atoms with van der Waals surface area (Å²) in [5, 5.41) is 0. The van der Waals surface area contributed by atoms with Gasteiger partial charge in [-0.2, -0.15) is 0 Å². The van der Waals surface area contributed by atoms with Crippen LogP contribution in [0.2, 0.25) is 0 Å². The predicted molar refractivity (Wildman–Crippen MR) is 104 cm³/mol. The summed E-state index contributed by atoms with van der Waals surface area (Å²) >= 11 is 0. The zero-order valence-corrected chi connectivity index (χ0v) is 16.9. The number of ether oxygens (including phenoxy) is 2. The molecular formula is C21H30N2O4. The molecule has 6 nitrogen and oxygen atoms in total. The molecule has 2 heterocycles. The smallest absolute Gasteiger partial charge is 0.414 e. The zero-order valence-electron chi connectivity index (χ0n) is 16.9. The number of rotatable bonds is 2. The normalized spacial score (nSPS) is 23.1. The van der Waals surface area contributed by atoms with Gasteiger partial charge in [0.2, 0.25) is 0 Å². The fraction of sp³-hybridized carbons (Fsp3) is 0.619. The minimum atomic E-state index is -0.523. The molecule has 2 atom stereocenters. The molecule has 0 saturated carbocycles. The van der Waals surface area contributed by atoms with Crippen LogP contribution in [0.15, 0.2) is 24.3 Å². The Hall–Kier alpha value is -2.24. The molecule has 0 aromatic heterocycles. The van der Waals surface area contributed by atoms with Gasteiger partial charge in [-0.15, -0.1) is 0 Å². The van der Waals surface area contributed by atoms with Crippen LogP contribution in [-0.4, -0.2) is 41.3 Å². The van der Waals surface area contributed by atoms with Crippen molar-refractivity contribution in [3.63, 3.8) is 0 Å². The number of para-hydroxylation sites is 1. The molecule has 2 unspecified atom stereocenters. The maximum Gasteiger partial charge on any atom is 0.414 e. The number of likely N-dealkylation sites (tertiary alicyclic amines) is 1. The van der Waals surface area contributed by atoms with Gasteiger partial charge in [-0.3, -0.25) is 4.90 Å². The quantitative estimate of drug-likeness (QED) is 0.761. The Morgan fingerprint density at radius 1 is 1.26 bits per heavy atom. The predicted octanol–water partition coefficient (Wildman–Crippen LogP) is 4.57. The van der Waals surface area contributed by atoms with Crippen LogP contribution in [0.3, 0.4) is 0 Å². The van der Waals surface area contributed by atoms with Crippen molar-refractivity contribution in [2.24, 2.45) is 5.92 Å². The maximum atomic E-state index is 12.7. The number of hydrogen-bond acceptors (Lipinski definition) is 4. The van der Waals surface area contributed by atoms with E-state index >= 15 is 0 Å². The third-order valence-corrected chi connectivity index (χ3v) is 5.18. The summed E-state index contributed by atoms with van der Waals surface area (Å²) in [6.45, 7) is 10.7. The lowest BCUT2D eigenvalue weighted by Crippen LogP contribution is -2.56. The number of carbonyl (C=O) groups is 2. The molecule has 0 bridgehead atoms. The van der Waals surface area contributed by atoms with E-state index in [1.807, 2.05) is 49.9 Å². The highest BCUT2D eigenvalue weighted by atomic mass is 16.6. The second-order valence-electron chi connectivity index (χ2n) is 8.72. The Morgan fingerprint density at radius 2 is 1.96 bits per heavy atom. The largest absolute Gasteiger partial charge is 0.444 e. The molecule has 27 heavy (non-hydrogen) atoms. The number of anilines is 1. The second kappa shape index (κ2) is 7.41. The molecule has 0 spiro atoms. The van der Waals surface area contributed by atoms with Crippen LogP contribution in [0.4, 0.5) is 15.3 Å². The zero-order chi connectivity index (χ0) is 19.8. The van der Waals surface area contributed by atoms with Gasteiger partial charge in [0.25, 0.3) is 0 Å². The summed E-state index contributed by atoms with van der Waals surface area (Å²) < 4.78 is 11.0. The van der Waals surface area contributed by atoms with E-state index in [4.69, 9.17) is 9.47 Å². The maximum absolute atomic E-state index is 12.7. The number of nitrogens with zero attached hydrogens (tertiary/aromatic N) is 2. The van der Waals surface area contributed by atoms with Gasteiger partial charge in [-0.1, -0.05) is 32.0 Å². The van der Waals surface area contributed by atoms with Crippen LogP contribution in [0.5, 0.6) is 0 Å². The number of fused-ring (bicyclic) bond motifs is 1. The molecule has 1 aromatic carbocycles. The lowest BCUT2D eigenvalue weighted by atomic mass is 9.88. The molecule has 0 N–H and O–H groups in total. The van der Waals surface area contributed by atoms with Crippen molar-refractivity contribution in [1.29, 1.82) is 0 Å². The van der Waals surface area contributed by atoms with Crippen LogP contribution < -0.4 is 4.90 Å². The number of hydrogen-bond donors (Lipinski definition) is 0. The fourth-order valence-electron chi connectivity index (χ4n) is 3.91. The highest BCUT2D eigenvalue weighted by molar-refractivity contribution is 5.91. The summed E-state index contributed by atoms with van der Waals surface area (Å²) in [4.78, 5) is 28.8. The Labute approximate surface area is 161 Å². The molecule has 0 aliphatic carbocycles. The van der Waals surface area contributed by atoms with Crippen molar-refractivity contribution < 1.29 is 19.1 Å². The molecule has 0 radical (unpaired) electrons. The molecular weight excluding hydrogens is 344 g/mol. The summed E-state index contributed by atoms with van der Waals surface area (Å²) in [7, 11) is 0. The third-order valence-electron chi connectivity index (χ3n) is 5.18. The highest BCUT2D eigenvalue weighted by Gasteiger charge is 2.41. The van der Waals surface area contributed by atoms with Crippen LogP contribution >= 0.6 is 0 Å². The van der Waals surface area contributed by atoms with Crippen LogP contribution in [0.25, 0.3) is 0 Å². The van der Waals surface area contributed by atoms with Gasteiger partial charge in [-0.25, -0.2) is 9.59 Å². The molecule has 1 saturated heterocycles. The number of amides is 2. The minimum Gasteiger partial charge on any atom is -0.444 e. The standard InChI is InChI=1S/C21H30N2O4/c1-14(2)18-12-16(10-11-22(18)19(24)27-21(3,4)5)23-17-9-7-6-8-15(17)13-26-20(23)25/h6-9,14,16,18H,10-13H2,1-5H3. The van der Waals surface area contributed by atoms with Crippen molar-refractivity contribution >= 4 is 17.9 Å².